The second-order valence-electron chi connectivity index (χ2n) is 7.66. The summed E-state index contributed by atoms with van der Waals surface area (Å²) in [4.78, 5) is 19.6. The van der Waals surface area contributed by atoms with E-state index in [1.54, 1.807) is 11.3 Å². The van der Waals surface area contributed by atoms with Crippen LogP contribution in [0.5, 0.6) is 0 Å². The molecule has 1 unspecified atom stereocenters. The van der Waals surface area contributed by atoms with Gasteiger partial charge in [-0.3, -0.25) is 4.79 Å². The number of carbonyl (C=O) groups excluding carboxylic acids is 1. The average molecular weight is 334 g/mol. The molecule has 2 aliphatic carbocycles. The second kappa shape index (κ2) is 5.83. The number of piperidine rings is 1. The first-order valence-corrected chi connectivity index (χ1v) is 9.63. The molecule has 1 saturated heterocycles. The molecule has 6 heteroatoms. The maximum absolute atomic E-state index is 13.0. The van der Waals surface area contributed by atoms with Crippen molar-refractivity contribution in [2.45, 2.75) is 51.1 Å². The summed E-state index contributed by atoms with van der Waals surface area (Å²) < 4.78 is 0. The van der Waals surface area contributed by atoms with Gasteiger partial charge >= 0.3 is 0 Å². The Morgan fingerprint density at radius 3 is 2.78 bits per heavy atom. The fourth-order valence-corrected chi connectivity index (χ4v) is 4.74. The second-order valence-corrected chi connectivity index (χ2v) is 8.64. The number of rotatable bonds is 6. The van der Waals surface area contributed by atoms with E-state index >= 15 is 0 Å². The van der Waals surface area contributed by atoms with Crippen LogP contribution in [0.1, 0.15) is 43.5 Å². The Morgan fingerprint density at radius 1 is 1.39 bits per heavy atom. The molecule has 0 aromatic carbocycles. The highest BCUT2D eigenvalue weighted by Crippen LogP contribution is 2.57. The van der Waals surface area contributed by atoms with Gasteiger partial charge in [-0.2, -0.15) is 0 Å². The molecule has 3 N–H and O–H groups in total. The van der Waals surface area contributed by atoms with Crippen LogP contribution in [0.25, 0.3) is 0 Å². The third kappa shape index (κ3) is 3.04. The molecular formula is C17H26N4OS. The molecule has 2 saturated carbocycles. The number of amides is 1. The van der Waals surface area contributed by atoms with Gasteiger partial charge in [0.15, 0.2) is 0 Å². The fraction of sp³-hybridized carbons (Fsp3) is 0.765. The van der Waals surface area contributed by atoms with Crippen molar-refractivity contribution in [1.82, 2.24) is 15.2 Å². The van der Waals surface area contributed by atoms with Crippen LogP contribution in [0.3, 0.4) is 0 Å². The summed E-state index contributed by atoms with van der Waals surface area (Å²) in [6.07, 6.45) is 8.24. The van der Waals surface area contributed by atoms with Gasteiger partial charge in [-0.15, -0.1) is 11.3 Å². The molecule has 1 amide bonds. The minimum Gasteiger partial charge on any atom is -0.332 e. The number of carbonyl (C=O) groups is 1. The van der Waals surface area contributed by atoms with Gasteiger partial charge in [0.2, 0.25) is 5.91 Å². The van der Waals surface area contributed by atoms with Crippen LogP contribution in [0.15, 0.2) is 11.6 Å². The summed E-state index contributed by atoms with van der Waals surface area (Å²) in [7, 11) is 0. The average Bonchev–Trinajstić information content (AvgIpc) is 3.42. The summed E-state index contributed by atoms with van der Waals surface area (Å²) in [6, 6.07) is 0.412. The van der Waals surface area contributed by atoms with Crippen LogP contribution in [0.4, 0.5) is 0 Å². The SMILES string of the molecule is NCC1(CC(=O)N(Cc2nccs2)C2CC23CCNCC3)CC1. The van der Waals surface area contributed by atoms with E-state index in [2.05, 4.69) is 15.2 Å². The first-order valence-electron chi connectivity index (χ1n) is 8.75. The van der Waals surface area contributed by atoms with E-state index in [1.807, 2.05) is 11.6 Å². The highest BCUT2D eigenvalue weighted by atomic mass is 32.1. The molecule has 1 aromatic rings. The summed E-state index contributed by atoms with van der Waals surface area (Å²) >= 11 is 1.65. The largest absolute Gasteiger partial charge is 0.332 e. The maximum atomic E-state index is 13.0. The zero-order valence-corrected chi connectivity index (χ0v) is 14.4. The van der Waals surface area contributed by atoms with Crippen molar-refractivity contribution in [2.75, 3.05) is 19.6 Å². The predicted molar refractivity (Wildman–Crippen MR) is 90.9 cm³/mol. The Kier molecular flexibility index (Phi) is 3.94. The maximum Gasteiger partial charge on any atom is 0.223 e. The van der Waals surface area contributed by atoms with E-state index in [0.717, 1.165) is 30.9 Å². The van der Waals surface area contributed by atoms with E-state index in [0.29, 0.717) is 36.9 Å². The van der Waals surface area contributed by atoms with E-state index in [-0.39, 0.29) is 5.41 Å². The van der Waals surface area contributed by atoms with Crippen LogP contribution in [0.2, 0.25) is 0 Å². The van der Waals surface area contributed by atoms with Gasteiger partial charge in [0, 0.05) is 24.0 Å². The first kappa shape index (κ1) is 15.5. The van der Waals surface area contributed by atoms with Crippen LogP contribution in [-0.2, 0) is 11.3 Å². The molecule has 1 aromatic heterocycles. The van der Waals surface area contributed by atoms with Crippen molar-refractivity contribution in [3.05, 3.63) is 16.6 Å². The lowest BCUT2D eigenvalue weighted by molar-refractivity contribution is -0.134. The molecule has 4 rings (SSSR count). The Bertz CT molecular complexity index is 563. The van der Waals surface area contributed by atoms with Crippen molar-refractivity contribution in [3.63, 3.8) is 0 Å². The van der Waals surface area contributed by atoms with Crippen molar-refractivity contribution in [2.24, 2.45) is 16.6 Å². The van der Waals surface area contributed by atoms with E-state index in [9.17, 15) is 4.79 Å². The van der Waals surface area contributed by atoms with Gasteiger partial charge in [0.05, 0.1) is 6.54 Å². The smallest absolute Gasteiger partial charge is 0.223 e. The molecule has 0 radical (unpaired) electrons. The highest BCUT2D eigenvalue weighted by molar-refractivity contribution is 7.09. The van der Waals surface area contributed by atoms with Crippen LogP contribution < -0.4 is 11.1 Å². The van der Waals surface area contributed by atoms with Crippen molar-refractivity contribution in [1.29, 1.82) is 0 Å². The van der Waals surface area contributed by atoms with Crippen molar-refractivity contribution < 1.29 is 4.79 Å². The normalized spacial score (nSPS) is 26.9. The third-order valence-corrected chi connectivity index (χ3v) is 6.91. The minimum atomic E-state index is 0.106. The zero-order valence-electron chi connectivity index (χ0n) is 13.6. The monoisotopic (exact) mass is 334 g/mol. The van der Waals surface area contributed by atoms with Crippen LogP contribution in [-0.4, -0.2) is 41.5 Å². The molecule has 1 aliphatic heterocycles. The number of nitrogens with one attached hydrogen (secondary N) is 1. The standard InChI is InChI=1S/C17H26N4OS/c18-12-16(1-2-16)10-15(22)21(11-14-20-7-8-23-14)13-9-17(13)3-5-19-6-4-17/h7-8,13,19H,1-6,9-12,18H2. The van der Waals surface area contributed by atoms with Crippen molar-refractivity contribution >= 4 is 17.2 Å². The van der Waals surface area contributed by atoms with Crippen LogP contribution >= 0.6 is 11.3 Å². The number of thiazole rings is 1. The Hall–Kier alpha value is -0.980. The number of aromatic nitrogens is 1. The summed E-state index contributed by atoms with van der Waals surface area (Å²) in [5.74, 6) is 0.295. The highest BCUT2D eigenvalue weighted by Gasteiger charge is 2.58. The number of nitrogens with two attached hydrogens (primary N) is 1. The molecule has 2 heterocycles. The topological polar surface area (TPSA) is 71.2 Å². The summed E-state index contributed by atoms with van der Waals surface area (Å²) in [5.41, 5.74) is 6.37. The Labute approximate surface area is 141 Å². The molecular weight excluding hydrogens is 308 g/mol. The van der Waals surface area contributed by atoms with E-state index in [1.165, 1.54) is 19.3 Å². The van der Waals surface area contributed by atoms with Gasteiger partial charge in [-0.05, 0) is 62.6 Å². The third-order valence-electron chi connectivity index (χ3n) is 6.15. The Morgan fingerprint density at radius 2 is 2.17 bits per heavy atom. The predicted octanol–water partition coefficient (Wildman–Crippen LogP) is 1.74. The molecule has 5 nitrogen and oxygen atoms in total. The molecule has 1 spiro atoms. The zero-order chi connectivity index (χ0) is 15.9. The van der Waals surface area contributed by atoms with E-state index < -0.39 is 0 Å². The molecule has 1 atom stereocenters. The number of hydrogen-bond acceptors (Lipinski definition) is 5. The number of hydrogen-bond donors (Lipinski definition) is 2. The molecule has 0 bridgehead atoms. The first-order chi connectivity index (χ1) is 11.2. The summed E-state index contributed by atoms with van der Waals surface area (Å²) in [6.45, 7) is 3.49. The molecule has 126 valence electrons. The summed E-state index contributed by atoms with van der Waals surface area (Å²) in [5, 5.41) is 6.48. The molecule has 23 heavy (non-hydrogen) atoms. The lowest BCUT2D eigenvalue weighted by Crippen LogP contribution is -2.40. The molecule has 3 fully saturated rings. The van der Waals surface area contributed by atoms with Gasteiger partial charge < -0.3 is 16.0 Å². The lowest BCUT2D eigenvalue weighted by atomic mass is 9.93. The molecule has 3 aliphatic rings. The quantitative estimate of drug-likeness (QED) is 0.831. The Balaban J connectivity index is 1.49. The minimum absolute atomic E-state index is 0.106. The number of nitrogens with zero attached hydrogens (tertiary/aromatic N) is 2. The van der Waals surface area contributed by atoms with Gasteiger partial charge in [-0.25, -0.2) is 4.98 Å². The lowest BCUT2D eigenvalue weighted by Gasteiger charge is -2.30. The van der Waals surface area contributed by atoms with Crippen LogP contribution in [0, 0.1) is 10.8 Å². The van der Waals surface area contributed by atoms with Gasteiger partial charge in [0.25, 0.3) is 0 Å². The van der Waals surface area contributed by atoms with Gasteiger partial charge in [-0.1, -0.05) is 0 Å². The fourth-order valence-electron chi connectivity index (χ4n) is 4.13. The van der Waals surface area contributed by atoms with Gasteiger partial charge in [0.1, 0.15) is 5.01 Å². The van der Waals surface area contributed by atoms with E-state index in [4.69, 9.17) is 5.73 Å². The van der Waals surface area contributed by atoms with Crippen molar-refractivity contribution in [3.8, 4) is 0 Å².